The fourth-order valence-electron chi connectivity index (χ4n) is 4.08. The zero-order chi connectivity index (χ0) is 27.4. The molecule has 0 spiro atoms. The molecule has 0 saturated carbocycles. The van der Waals surface area contributed by atoms with Crippen LogP contribution in [0, 0.1) is 21.4 Å². The van der Waals surface area contributed by atoms with Gasteiger partial charge in [0.15, 0.2) is 5.75 Å². The number of nitro benzene ring substituents is 1. The number of carbonyl (C=O) groups excluding carboxylic acids is 2. The Bertz CT molecular complexity index is 1530. The molecule has 11 nitrogen and oxygen atoms in total. The number of imide groups is 1. The molecule has 0 fully saturated rings. The first-order valence-electron chi connectivity index (χ1n) is 11.5. The van der Waals surface area contributed by atoms with Gasteiger partial charge in [0.05, 0.1) is 30.9 Å². The first-order valence-corrected chi connectivity index (χ1v) is 11.5. The third kappa shape index (κ3) is 4.80. The van der Waals surface area contributed by atoms with Crippen molar-refractivity contribution >= 4 is 23.6 Å². The highest BCUT2D eigenvalue weighted by molar-refractivity contribution is 6.19. The van der Waals surface area contributed by atoms with Crippen molar-refractivity contribution in [1.82, 2.24) is 14.7 Å². The second kappa shape index (κ2) is 10.9. The predicted molar refractivity (Wildman–Crippen MR) is 137 cm³/mol. The van der Waals surface area contributed by atoms with Crippen molar-refractivity contribution in [2.24, 2.45) is 0 Å². The van der Waals surface area contributed by atoms with Crippen LogP contribution in [0.25, 0.3) is 23.0 Å². The fraction of sp³-hybridized carbons (Fsp3) is 0.185. The molecule has 0 radical (unpaired) electrons. The summed E-state index contributed by atoms with van der Waals surface area (Å²) >= 11 is 0. The van der Waals surface area contributed by atoms with Crippen LogP contribution in [0.15, 0.2) is 71.4 Å². The van der Waals surface area contributed by atoms with E-state index >= 15 is 0 Å². The van der Waals surface area contributed by atoms with Crippen LogP contribution in [-0.2, 0) is 14.3 Å². The Morgan fingerprint density at radius 3 is 2.50 bits per heavy atom. The summed E-state index contributed by atoms with van der Waals surface area (Å²) in [5, 5.41) is 26.0. The van der Waals surface area contributed by atoms with Crippen molar-refractivity contribution in [2.45, 2.75) is 6.92 Å². The summed E-state index contributed by atoms with van der Waals surface area (Å²) in [7, 11) is 2.79. The van der Waals surface area contributed by atoms with E-state index in [-0.39, 0.29) is 41.3 Å². The number of carbonyl (C=O) groups is 2. The van der Waals surface area contributed by atoms with E-state index < -0.39 is 16.7 Å². The molecule has 11 heteroatoms. The number of nitriles is 1. The van der Waals surface area contributed by atoms with Crippen molar-refractivity contribution in [1.29, 1.82) is 5.26 Å². The van der Waals surface area contributed by atoms with Crippen LogP contribution in [0.5, 0.6) is 5.75 Å². The largest absolute Gasteiger partial charge is 0.490 e. The molecular weight excluding hydrogens is 490 g/mol. The first-order chi connectivity index (χ1) is 18.3. The Balaban J connectivity index is 1.94. The number of aromatic nitrogens is 2. The summed E-state index contributed by atoms with van der Waals surface area (Å²) in [6.07, 6.45) is 3.22. The van der Waals surface area contributed by atoms with Crippen LogP contribution in [0.2, 0.25) is 0 Å². The Morgan fingerprint density at radius 1 is 1.13 bits per heavy atom. The molecule has 2 amide bonds. The summed E-state index contributed by atoms with van der Waals surface area (Å²) < 4.78 is 11.7. The third-order valence-corrected chi connectivity index (χ3v) is 6.06. The average Bonchev–Trinajstić information content (AvgIpc) is 3.35. The molecule has 0 atom stereocenters. The number of hydrogen-bond donors (Lipinski definition) is 0. The number of ether oxygens (including phenoxy) is 2. The van der Waals surface area contributed by atoms with E-state index in [1.165, 1.54) is 33.3 Å². The van der Waals surface area contributed by atoms with E-state index in [1.807, 2.05) is 36.4 Å². The van der Waals surface area contributed by atoms with Gasteiger partial charge < -0.3 is 9.47 Å². The zero-order valence-electron chi connectivity index (χ0n) is 20.9. The smallest absolute Gasteiger partial charge is 0.311 e. The number of hydrogen-bond acceptors (Lipinski definition) is 8. The lowest BCUT2D eigenvalue weighted by atomic mass is 9.93. The standard InChI is InChI=1S/C27H23N5O6/c1-17-21(26(33)30(11-12-37-2)27(34)22(17)15-28)13-19-16-31(20-7-5-4-6-8-20)29-25(19)18-9-10-24(38-3)23(14-18)32(35)36/h4-10,13-14,16H,11-12H2,1-3H3/b21-13+. The van der Waals surface area contributed by atoms with Crippen molar-refractivity contribution in [3.8, 4) is 28.8 Å². The lowest BCUT2D eigenvalue weighted by molar-refractivity contribution is -0.385. The molecule has 0 bridgehead atoms. The van der Waals surface area contributed by atoms with Gasteiger partial charge in [-0.15, -0.1) is 0 Å². The van der Waals surface area contributed by atoms with Gasteiger partial charge in [-0.3, -0.25) is 24.6 Å². The zero-order valence-corrected chi connectivity index (χ0v) is 20.9. The molecule has 0 aliphatic carbocycles. The topological polar surface area (TPSA) is 141 Å². The maximum absolute atomic E-state index is 13.4. The lowest BCUT2D eigenvalue weighted by Gasteiger charge is -2.27. The second-order valence-corrected chi connectivity index (χ2v) is 8.28. The van der Waals surface area contributed by atoms with E-state index in [4.69, 9.17) is 9.47 Å². The molecule has 192 valence electrons. The molecule has 1 aromatic heterocycles. The fourth-order valence-corrected chi connectivity index (χ4v) is 4.08. The number of methoxy groups -OCH3 is 2. The van der Waals surface area contributed by atoms with Gasteiger partial charge in [-0.2, -0.15) is 10.4 Å². The number of para-hydroxylation sites is 1. The minimum Gasteiger partial charge on any atom is -0.490 e. The van der Waals surface area contributed by atoms with Crippen LogP contribution in [-0.4, -0.2) is 58.8 Å². The molecular formula is C27H23N5O6. The normalized spacial score (nSPS) is 14.7. The molecule has 4 rings (SSSR count). The van der Waals surface area contributed by atoms with E-state index in [9.17, 15) is 25.0 Å². The van der Waals surface area contributed by atoms with Gasteiger partial charge in [0.1, 0.15) is 17.3 Å². The summed E-state index contributed by atoms with van der Waals surface area (Å²) in [6, 6.07) is 15.5. The molecule has 1 aliphatic heterocycles. The van der Waals surface area contributed by atoms with E-state index in [1.54, 1.807) is 23.0 Å². The molecule has 3 aromatic rings. The number of nitro groups is 1. The van der Waals surface area contributed by atoms with Gasteiger partial charge in [-0.25, -0.2) is 4.68 Å². The molecule has 0 saturated heterocycles. The molecule has 2 heterocycles. The van der Waals surface area contributed by atoms with Gasteiger partial charge in [0.2, 0.25) is 0 Å². The monoisotopic (exact) mass is 513 g/mol. The lowest BCUT2D eigenvalue weighted by Crippen LogP contribution is -2.44. The molecule has 0 unspecified atom stereocenters. The minimum atomic E-state index is -0.685. The SMILES string of the molecule is COCCN1C(=O)C(C#N)=C(C)/C(=C\c2cn(-c3ccccc3)nc2-c2ccc(OC)c([N+](=O)[O-])c2)C1=O. The highest BCUT2D eigenvalue weighted by atomic mass is 16.6. The summed E-state index contributed by atoms with van der Waals surface area (Å²) in [5.41, 5.74) is 1.91. The molecule has 1 aliphatic rings. The third-order valence-electron chi connectivity index (χ3n) is 6.06. The Morgan fingerprint density at radius 2 is 1.87 bits per heavy atom. The maximum Gasteiger partial charge on any atom is 0.311 e. The highest BCUT2D eigenvalue weighted by Gasteiger charge is 2.35. The van der Waals surface area contributed by atoms with Crippen molar-refractivity contribution in [2.75, 3.05) is 27.4 Å². The van der Waals surface area contributed by atoms with Crippen molar-refractivity contribution < 1.29 is 24.0 Å². The second-order valence-electron chi connectivity index (χ2n) is 8.28. The molecule has 2 aromatic carbocycles. The summed E-state index contributed by atoms with van der Waals surface area (Å²) in [4.78, 5) is 38.2. The van der Waals surface area contributed by atoms with Gasteiger partial charge in [0, 0.05) is 36.1 Å². The van der Waals surface area contributed by atoms with Crippen LogP contribution < -0.4 is 4.74 Å². The Kier molecular flexibility index (Phi) is 7.45. The van der Waals surface area contributed by atoms with Crippen LogP contribution in [0.1, 0.15) is 12.5 Å². The van der Waals surface area contributed by atoms with Crippen LogP contribution in [0.3, 0.4) is 0 Å². The quantitative estimate of drug-likeness (QED) is 0.192. The first kappa shape index (κ1) is 26.0. The van der Waals surface area contributed by atoms with Crippen LogP contribution in [0.4, 0.5) is 5.69 Å². The minimum absolute atomic E-state index is 0.0230. The molecule has 38 heavy (non-hydrogen) atoms. The summed E-state index contributed by atoms with van der Waals surface area (Å²) in [6.45, 7) is 1.62. The van der Waals surface area contributed by atoms with Gasteiger partial charge >= 0.3 is 5.69 Å². The van der Waals surface area contributed by atoms with Gasteiger partial charge in [0.25, 0.3) is 11.8 Å². The van der Waals surface area contributed by atoms with Crippen molar-refractivity contribution in [3.63, 3.8) is 0 Å². The van der Waals surface area contributed by atoms with E-state index in [0.29, 0.717) is 16.8 Å². The van der Waals surface area contributed by atoms with Crippen molar-refractivity contribution in [3.05, 3.63) is 87.1 Å². The maximum atomic E-state index is 13.4. The van der Waals surface area contributed by atoms with E-state index in [2.05, 4.69) is 5.10 Å². The number of amides is 2. The van der Waals surface area contributed by atoms with Gasteiger partial charge in [-0.05, 0) is 42.8 Å². The van der Waals surface area contributed by atoms with E-state index in [0.717, 1.165) is 10.6 Å². The Hall–Kier alpha value is -5.08. The molecule has 0 N–H and O–H groups in total. The van der Waals surface area contributed by atoms with Crippen LogP contribution >= 0.6 is 0 Å². The average molecular weight is 514 g/mol. The number of nitrogens with zero attached hydrogens (tertiary/aromatic N) is 5. The number of rotatable bonds is 8. The highest BCUT2D eigenvalue weighted by Crippen LogP contribution is 2.35. The predicted octanol–water partition coefficient (Wildman–Crippen LogP) is 3.69. The van der Waals surface area contributed by atoms with Gasteiger partial charge in [-0.1, -0.05) is 18.2 Å². The number of benzene rings is 2. The summed E-state index contributed by atoms with van der Waals surface area (Å²) in [5.74, 6) is -1.17. The Labute approximate surface area is 218 Å².